The van der Waals surface area contributed by atoms with Crippen molar-refractivity contribution in [1.29, 1.82) is 0 Å². The van der Waals surface area contributed by atoms with E-state index in [9.17, 15) is 0 Å². The van der Waals surface area contributed by atoms with E-state index in [2.05, 4.69) is 55.2 Å². The predicted molar refractivity (Wildman–Crippen MR) is 82.2 cm³/mol. The van der Waals surface area contributed by atoms with Crippen molar-refractivity contribution in [2.45, 2.75) is 58.7 Å². The van der Waals surface area contributed by atoms with Gasteiger partial charge in [0.1, 0.15) is 0 Å². The largest absolute Gasteiger partial charge is 0.313 e. The van der Waals surface area contributed by atoms with Gasteiger partial charge >= 0.3 is 0 Å². The minimum absolute atomic E-state index is 0.590. The molecule has 0 spiro atoms. The maximum Gasteiger partial charge on any atom is 0.0271 e. The highest BCUT2D eigenvalue weighted by Crippen LogP contribution is 2.15. The Balaban J connectivity index is 2.65. The molecule has 19 heavy (non-hydrogen) atoms. The normalized spacial score (nSPS) is 14.6. The molecule has 1 aromatic heterocycles. The lowest BCUT2D eigenvalue weighted by Gasteiger charge is -2.34. The molecule has 0 aliphatic carbocycles. The van der Waals surface area contributed by atoms with Gasteiger partial charge in [0.2, 0.25) is 0 Å². The molecule has 2 atom stereocenters. The number of aromatic nitrogens is 1. The average molecular weight is 263 g/mol. The summed E-state index contributed by atoms with van der Waals surface area (Å²) in [6.45, 7) is 8.78. The third-order valence-electron chi connectivity index (χ3n) is 3.70. The topological polar surface area (TPSA) is 28.2 Å². The maximum absolute atomic E-state index is 4.08. The fourth-order valence-corrected chi connectivity index (χ4v) is 2.80. The molecule has 3 heteroatoms. The Bertz CT molecular complexity index is 320. The van der Waals surface area contributed by atoms with Crippen LogP contribution in [0.3, 0.4) is 0 Å². The summed E-state index contributed by atoms with van der Waals surface area (Å²) in [7, 11) is 2.23. The van der Waals surface area contributed by atoms with Crippen molar-refractivity contribution in [2.75, 3.05) is 13.6 Å². The SMILES string of the molecule is CCCC(NCC)C(CC)N(C)Cc1ccncc1. The van der Waals surface area contributed by atoms with Gasteiger partial charge < -0.3 is 5.32 Å². The molecular formula is C16H29N3. The van der Waals surface area contributed by atoms with E-state index >= 15 is 0 Å². The lowest BCUT2D eigenvalue weighted by molar-refractivity contribution is 0.173. The highest BCUT2D eigenvalue weighted by molar-refractivity contribution is 5.09. The summed E-state index contributed by atoms with van der Waals surface area (Å²) in [5.41, 5.74) is 1.34. The lowest BCUT2D eigenvalue weighted by Crippen LogP contribution is -2.48. The first-order chi connectivity index (χ1) is 9.22. The number of hydrogen-bond acceptors (Lipinski definition) is 3. The molecule has 0 radical (unpaired) electrons. The fourth-order valence-electron chi connectivity index (χ4n) is 2.80. The van der Waals surface area contributed by atoms with E-state index in [1.165, 1.54) is 24.8 Å². The maximum atomic E-state index is 4.08. The zero-order chi connectivity index (χ0) is 14.1. The number of likely N-dealkylation sites (N-methyl/N-ethyl adjacent to an activating group) is 2. The minimum atomic E-state index is 0.590. The van der Waals surface area contributed by atoms with Crippen LogP contribution in [0.2, 0.25) is 0 Å². The second-order valence-electron chi connectivity index (χ2n) is 5.20. The smallest absolute Gasteiger partial charge is 0.0271 e. The number of nitrogens with one attached hydrogen (secondary N) is 1. The second kappa shape index (κ2) is 9.05. The van der Waals surface area contributed by atoms with E-state index in [-0.39, 0.29) is 0 Å². The van der Waals surface area contributed by atoms with Crippen LogP contribution in [-0.2, 0) is 6.54 Å². The third-order valence-corrected chi connectivity index (χ3v) is 3.70. The minimum Gasteiger partial charge on any atom is -0.313 e. The zero-order valence-electron chi connectivity index (χ0n) is 12.9. The Morgan fingerprint density at radius 1 is 1.21 bits per heavy atom. The van der Waals surface area contributed by atoms with Crippen LogP contribution in [0, 0.1) is 0 Å². The molecule has 3 nitrogen and oxygen atoms in total. The van der Waals surface area contributed by atoms with E-state index < -0.39 is 0 Å². The monoisotopic (exact) mass is 263 g/mol. The van der Waals surface area contributed by atoms with Crippen LogP contribution in [0.5, 0.6) is 0 Å². The van der Waals surface area contributed by atoms with Gasteiger partial charge in [-0.1, -0.05) is 27.2 Å². The summed E-state index contributed by atoms with van der Waals surface area (Å²) in [6, 6.07) is 5.39. The molecule has 0 amide bonds. The Kier molecular flexibility index (Phi) is 7.68. The van der Waals surface area contributed by atoms with Crippen LogP contribution in [0.25, 0.3) is 0 Å². The molecule has 1 rings (SSSR count). The predicted octanol–water partition coefficient (Wildman–Crippen LogP) is 3.07. The Morgan fingerprint density at radius 3 is 2.42 bits per heavy atom. The molecular weight excluding hydrogens is 234 g/mol. The van der Waals surface area contributed by atoms with E-state index in [1.54, 1.807) is 0 Å². The molecule has 1 aromatic rings. The highest BCUT2D eigenvalue weighted by atomic mass is 15.2. The zero-order valence-corrected chi connectivity index (χ0v) is 12.9. The molecule has 0 aliphatic rings. The van der Waals surface area contributed by atoms with E-state index in [0.29, 0.717) is 12.1 Å². The van der Waals surface area contributed by atoms with Crippen molar-refractivity contribution in [3.8, 4) is 0 Å². The van der Waals surface area contributed by atoms with Gasteiger partial charge in [-0.15, -0.1) is 0 Å². The highest BCUT2D eigenvalue weighted by Gasteiger charge is 2.22. The van der Waals surface area contributed by atoms with Gasteiger partial charge in [-0.3, -0.25) is 9.88 Å². The number of rotatable bonds is 9. The summed E-state index contributed by atoms with van der Waals surface area (Å²) in [6.07, 6.45) is 7.40. The van der Waals surface area contributed by atoms with Gasteiger partial charge in [-0.05, 0) is 44.1 Å². The molecule has 0 saturated carbocycles. The molecule has 1 N–H and O–H groups in total. The molecule has 0 bridgehead atoms. The van der Waals surface area contributed by atoms with Crippen molar-refractivity contribution in [3.05, 3.63) is 30.1 Å². The summed E-state index contributed by atoms with van der Waals surface area (Å²) >= 11 is 0. The van der Waals surface area contributed by atoms with Crippen LogP contribution < -0.4 is 5.32 Å². The molecule has 2 unspecified atom stereocenters. The lowest BCUT2D eigenvalue weighted by atomic mass is 9.99. The Labute approximate surface area is 118 Å². The van der Waals surface area contributed by atoms with Gasteiger partial charge in [0, 0.05) is 31.0 Å². The van der Waals surface area contributed by atoms with E-state index in [0.717, 1.165) is 13.1 Å². The third kappa shape index (κ3) is 5.29. The number of nitrogens with zero attached hydrogens (tertiary/aromatic N) is 2. The molecule has 0 aliphatic heterocycles. The molecule has 0 fully saturated rings. The van der Waals surface area contributed by atoms with Crippen LogP contribution >= 0.6 is 0 Å². The van der Waals surface area contributed by atoms with Gasteiger partial charge in [0.15, 0.2) is 0 Å². The van der Waals surface area contributed by atoms with Crippen LogP contribution in [-0.4, -0.2) is 35.6 Å². The quantitative estimate of drug-likeness (QED) is 0.742. The Morgan fingerprint density at radius 2 is 1.89 bits per heavy atom. The summed E-state index contributed by atoms with van der Waals surface area (Å²) in [5, 5.41) is 3.65. The van der Waals surface area contributed by atoms with Crippen LogP contribution in [0.4, 0.5) is 0 Å². The molecule has 1 heterocycles. The first kappa shape index (κ1) is 16.1. The average Bonchev–Trinajstić information content (AvgIpc) is 2.41. The van der Waals surface area contributed by atoms with Crippen molar-refractivity contribution >= 4 is 0 Å². The first-order valence-corrected chi connectivity index (χ1v) is 7.55. The Hall–Kier alpha value is -0.930. The summed E-state index contributed by atoms with van der Waals surface area (Å²) in [4.78, 5) is 6.55. The molecule has 0 saturated heterocycles. The van der Waals surface area contributed by atoms with Gasteiger partial charge in [-0.2, -0.15) is 0 Å². The first-order valence-electron chi connectivity index (χ1n) is 7.55. The van der Waals surface area contributed by atoms with Crippen molar-refractivity contribution in [2.24, 2.45) is 0 Å². The number of pyridine rings is 1. The fraction of sp³-hybridized carbons (Fsp3) is 0.688. The van der Waals surface area contributed by atoms with Crippen molar-refractivity contribution < 1.29 is 0 Å². The molecule has 0 aromatic carbocycles. The summed E-state index contributed by atoms with van der Waals surface area (Å²) < 4.78 is 0. The van der Waals surface area contributed by atoms with E-state index in [1.807, 2.05) is 12.4 Å². The van der Waals surface area contributed by atoms with Crippen molar-refractivity contribution in [1.82, 2.24) is 15.2 Å². The van der Waals surface area contributed by atoms with Crippen LogP contribution in [0.15, 0.2) is 24.5 Å². The van der Waals surface area contributed by atoms with E-state index in [4.69, 9.17) is 0 Å². The summed E-state index contributed by atoms with van der Waals surface area (Å²) in [5.74, 6) is 0. The second-order valence-corrected chi connectivity index (χ2v) is 5.20. The van der Waals surface area contributed by atoms with Gasteiger partial charge in [-0.25, -0.2) is 0 Å². The number of hydrogen-bond donors (Lipinski definition) is 1. The van der Waals surface area contributed by atoms with Crippen LogP contribution in [0.1, 0.15) is 45.6 Å². The van der Waals surface area contributed by atoms with Crippen molar-refractivity contribution in [3.63, 3.8) is 0 Å². The standard InChI is InChI=1S/C16H29N3/c1-5-8-15(18-7-3)16(6-2)19(4)13-14-9-11-17-12-10-14/h9-12,15-16,18H,5-8,13H2,1-4H3. The van der Waals surface area contributed by atoms with Gasteiger partial charge in [0.05, 0.1) is 0 Å². The van der Waals surface area contributed by atoms with Gasteiger partial charge in [0.25, 0.3) is 0 Å². The molecule has 108 valence electrons.